The third-order valence-electron chi connectivity index (χ3n) is 5.52. The van der Waals surface area contributed by atoms with Crippen LogP contribution in [-0.4, -0.2) is 8.42 Å². The van der Waals surface area contributed by atoms with Crippen molar-refractivity contribution in [2.75, 3.05) is 4.72 Å². The van der Waals surface area contributed by atoms with Crippen molar-refractivity contribution >= 4 is 62.3 Å². The number of hydrogen-bond donors (Lipinski definition) is 1. The molecule has 0 unspecified atom stereocenters. The average molecular weight is 524 g/mol. The van der Waals surface area contributed by atoms with Gasteiger partial charge in [-0.1, -0.05) is 77.8 Å². The maximum absolute atomic E-state index is 12.9. The number of benzene rings is 4. The first kappa shape index (κ1) is 23.1. The minimum atomic E-state index is -3.82. The van der Waals surface area contributed by atoms with Gasteiger partial charge >= 0.3 is 0 Å². The maximum Gasteiger partial charge on any atom is 0.261 e. The number of rotatable bonds is 4. The summed E-state index contributed by atoms with van der Waals surface area (Å²) in [5.74, 6) is 0.897. The first-order valence-corrected chi connectivity index (χ1v) is 13.7. The fraction of sp³-hybridized carbons (Fsp3) is 0.0370. The molecule has 0 saturated carbocycles. The third kappa shape index (κ3) is 4.75. The van der Waals surface area contributed by atoms with E-state index in [1.807, 2.05) is 42.1 Å². The number of anilines is 1. The Morgan fingerprint density at radius 3 is 2.38 bits per heavy atom. The number of nitrogens with one attached hydrogen (secondary N) is 1. The zero-order valence-electron chi connectivity index (χ0n) is 17.8. The minimum Gasteiger partial charge on any atom is -0.280 e. The molecule has 0 saturated heterocycles. The highest BCUT2D eigenvalue weighted by Gasteiger charge is 2.19. The van der Waals surface area contributed by atoms with E-state index in [-0.39, 0.29) is 9.92 Å². The van der Waals surface area contributed by atoms with Crippen LogP contribution >= 0.6 is 35.0 Å². The molecule has 0 radical (unpaired) electrons. The van der Waals surface area contributed by atoms with Crippen LogP contribution in [0.25, 0.3) is 11.6 Å². The monoisotopic (exact) mass is 523 g/mol. The summed E-state index contributed by atoms with van der Waals surface area (Å²) in [7, 11) is -3.82. The predicted molar refractivity (Wildman–Crippen MR) is 143 cm³/mol. The van der Waals surface area contributed by atoms with E-state index in [0.717, 1.165) is 16.9 Å². The summed E-state index contributed by atoms with van der Waals surface area (Å²) >= 11 is 13.8. The van der Waals surface area contributed by atoms with Gasteiger partial charge in [-0.2, -0.15) is 0 Å². The Balaban J connectivity index is 1.54. The van der Waals surface area contributed by atoms with Crippen molar-refractivity contribution in [3.8, 4) is 0 Å². The van der Waals surface area contributed by atoms with Gasteiger partial charge in [-0.15, -0.1) is 11.8 Å². The maximum atomic E-state index is 12.9. The van der Waals surface area contributed by atoms with Crippen LogP contribution in [0.5, 0.6) is 0 Å². The number of halogens is 2. The SMILES string of the molecule is O=S(=O)(Nc1cccc(/C=C2\c3ccccc3CSc3ccccc32)c1)c1ccc(Cl)c(Cl)c1. The summed E-state index contributed by atoms with van der Waals surface area (Å²) in [6.45, 7) is 0. The summed E-state index contributed by atoms with van der Waals surface area (Å²) < 4.78 is 28.5. The highest BCUT2D eigenvalue weighted by Crippen LogP contribution is 2.41. The normalized spacial score (nSPS) is 14.2. The van der Waals surface area contributed by atoms with Gasteiger partial charge in [0.05, 0.1) is 14.9 Å². The summed E-state index contributed by atoms with van der Waals surface area (Å²) in [6, 6.07) is 28.4. The highest BCUT2D eigenvalue weighted by molar-refractivity contribution is 7.98. The minimum absolute atomic E-state index is 0.0503. The molecular formula is C27H19Cl2NO2S2. The van der Waals surface area contributed by atoms with Crippen LogP contribution in [0.4, 0.5) is 5.69 Å². The van der Waals surface area contributed by atoms with E-state index < -0.39 is 10.0 Å². The molecule has 0 aliphatic carbocycles. The standard InChI is InChI=1S/C27H19Cl2NO2S2/c28-25-13-12-21(16-26(25)29)34(31,32)30-20-8-5-6-18(14-20)15-24-22-9-2-1-7-19(22)17-33-27-11-4-3-10-23(24)27/h1-16,30H,17H2/b24-15+. The second kappa shape index (κ2) is 9.51. The molecule has 7 heteroatoms. The van der Waals surface area contributed by atoms with Crippen LogP contribution in [0.15, 0.2) is 101 Å². The van der Waals surface area contributed by atoms with Crippen molar-refractivity contribution in [2.45, 2.75) is 15.5 Å². The lowest BCUT2D eigenvalue weighted by atomic mass is 9.92. The summed E-state index contributed by atoms with van der Waals surface area (Å²) in [5, 5.41) is 0.489. The lowest BCUT2D eigenvalue weighted by Crippen LogP contribution is -2.13. The van der Waals surface area contributed by atoms with Crippen LogP contribution < -0.4 is 4.72 Å². The van der Waals surface area contributed by atoms with E-state index in [0.29, 0.717) is 10.7 Å². The zero-order valence-corrected chi connectivity index (χ0v) is 21.0. The van der Waals surface area contributed by atoms with Crippen molar-refractivity contribution in [1.29, 1.82) is 0 Å². The molecule has 1 aliphatic rings. The first-order chi connectivity index (χ1) is 16.4. The van der Waals surface area contributed by atoms with Crippen LogP contribution in [0.1, 0.15) is 22.3 Å². The van der Waals surface area contributed by atoms with Crippen LogP contribution in [0.2, 0.25) is 10.0 Å². The fourth-order valence-corrected chi connectivity index (χ4v) is 6.41. The quantitative estimate of drug-likeness (QED) is 0.294. The molecule has 0 bridgehead atoms. The molecule has 34 heavy (non-hydrogen) atoms. The van der Waals surface area contributed by atoms with Gasteiger partial charge in [-0.05, 0) is 70.3 Å². The molecule has 0 fully saturated rings. The van der Waals surface area contributed by atoms with Crippen molar-refractivity contribution in [2.24, 2.45) is 0 Å². The van der Waals surface area contributed by atoms with E-state index in [9.17, 15) is 8.42 Å². The van der Waals surface area contributed by atoms with Crippen molar-refractivity contribution in [1.82, 2.24) is 0 Å². The Hall–Kier alpha value is -2.70. The Labute approximate surface area is 213 Å². The Morgan fingerprint density at radius 2 is 1.56 bits per heavy atom. The molecule has 0 spiro atoms. The van der Waals surface area contributed by atoms with E-state index in [1.54, 1.807) is 6.07 Å². The molecule has 0 amide bonds. The van der Waals surface area contributed by atoms with Gasteiger partial charge in [0.1, 0.15) is 0 Å². The third-order valence-corrected chi connectivity index (χ3v) is 8.76. The fourth-order valence-electron chi connectivity index (χ4n) is 3.90. The topological polar surface area (TPSA) is 46.2 Å². The van der Waals surface area contributed by atoms with Gasteiger partial charge < -0.3 is 0 Å². The van der Waals surface area contributed by atoms with Gasteiger partial charge in [0.2, 0.25) is 0 Å². The summed E-state index contributed by atoms with van der Waals surface area (Å²) in [6.07, 6.45) is 2.11. The van der Waals surface area contributed by atoms with Gasteiger partial charge in [-0.3, -0.25) is 4.72 Å². The van der Waals surface area contributed by atoms with Gasteiger partial charge in [0.15, 0.2) is 0 Å². The zero-order chi connectivity index (χ0) is 23.7. The van der Waals surface area contributed by atoms with E-state index in [2.05, 4.69) is 47.2 Å². The molecular weight excluding hydrogens is 505 g/mol. The molecule has 0 atom stereocenters. The Morgan fingerprint density at radius 1 is 0.794 bits per heavy atom. The smallest absolute Gasteiger partial charge is 0.261 e. The molecule has 4 aromatic carbocycles. The lowest BCUT2D eigenvalue weighted by Gasteiger charge is -2.13. The summed E-state index contributed by atoms with van der Waals surface area (Å²) in [5.41, 5.74) is 6.08. The molecule has 0 aromatic heterocycles. The summed E-state index contributed by atoms with van der Waals surface area (Å²) in [4.78, 5) is 1.27. The molecule has 1 N–H and O–H groups in total. The molecule has 1 heterocycles. The van der Waals surface area contributed by atoms with Crippen molar-refractivity contribution in [3.05, 3.63) is 123 Å². The van der Waals surface area contributed by atoms with Crippen LogP contribution in [0, 0.1) is 0 Å². The molecule has 5 rings (SSSR count). The average Bonchev–Trinajstić information content (AvgIpc) is 2.98. The van der Waals surface area contributed by atoms with Gasteiger partial charge in [0, 0.05) is 16.3 Å². The largest absolute Gasteiger partial charge is 0.280 e. The predicted octanol–water partition coefficient (Wildman–Crippen LogP) is 7.99. The van der Waals surface area contributed by atoms with E-state index in [1.165, 1.54) is 39.8 Å². The molecule has 170 valence electrons. The number of thioether (sulfide) groups is 1. The molecule has 3 nitrogen and oxygen atoms in total. The number of sulfonamides is 1. The van der Waals surface area contributed by atoms with Crippen LogP contribution in [-0.2, 0) is 15.8 Å². The highest BCUT2D eigenvalue weighted by atomic mass is 35.5. The van der Waals surface area contributed by atoms with Gasteiger partial charge in [0.25, 0.3) is 10.0 Å². The second-order valence-electron chi connectivity index (χ2n) is 7.81. The second-order valence-corrected chi connectivity index (χ2v) is 11.3. The molecule has 1 aliphatic heterocycles. The number of fused-ring (bicyclic) bond motifs is 2. The Bertz CT molecular complexity index is 1480. The lowest BCUT2D eigenvalue weighted by molar-refractivity contribution is 0.601. The van der Waals surface area contributed by atoms with Crippen molar-refractivity contribution in [3.63, 3.8) is 0 Å². The molecule has 4 aromatic rings. The Kier molecular flexibility index (Phi) is 6.45. The van der Waals surface area contributed by atoms with Crippen molar-refractivity contribution < 1.29 is 8.42 Å². The number of hydrogen-bond acceptors (Lipinski definition) is 3. The van der Waals surface area contributed by atoms with Gasteiger partial charge in [-0.25, -0.2) is 8.42 Å². The van der Waals surface area contributed by atoms with E-state index >= 15 is 0 Å². The van der Waals surface area contributed by atoms with E-state index in [4.69, 9.17) is 23.2 Å². The first-order valence-electron chi connectivity index (χ1n) is 10.5. The van der Waals surface area contributed by atoms with Crippen LogP contribution in [0.3, 0.4) is 0 Å².